The van der Waals surface area contributed by atoms with E-state index in [0.29, 0.717) is 42.4 Å². The van der Waals surface area contributed by atoms with Gasteiger partial charge in [-0.25, -0.2) is 4.79 Å². The summed E-state index contributed by atoms with van der Waals surface area (Å²) >= 11 is 0. The van der Waals surface area contributed by atoms with Crippen molar-refractivity contribution < 1.29 is 24.2 Å². The van der Waals surface area contributed by atoms with E-state index < -0.39 is 12.1 Å². The summed E-state index contributed by atoms with van der Waals surface area (Å²) in [5.41, 5.74) is 1.48. The third-order valence-corrected chi connectivity index (χ3v) is 7.75. The van der Waals surface area contributed by atoms with Crippen LogP contribution in [0.1, 0.15) is 50.4 Å². The lowest BCUT2D eigenvalue weighted by molar-refractivity contribution is -0.000451. The summed E-state index contributed by atoms with van der Waals surface area (Å²) in [7, 11) is 1.89. The smallest absolute Gasteiger partial charge is 0.323 e. The minimum atomic E-state index is -0.431. The van der Waals surface area contributed by atoms with Crippen molar-refractivity contribution >= 4 is 34.1 Å². The Kier molecular flexibility index (Phi) is 11.2. The number of amides is 3. The van der Waals surface area contributed by atoms with Crippen molar-refractivity contribution in [3.05, 3.63) is 66.2 Å². The minimum Gasteiger partial charge on any atom is -0.490 e. The van der Waals surface area contributed by atoms with Crippen LogP contribution in [0.5, 0.6) is 5.75 Å². The molecule has 0 saturated heterocycles. The maximum Gasteiger partial charge on any atom is 0.323 e. The number of anilines is 2. The first-order valence-corrected chi connectivity index (χ1v) is 14.8. The number of urea groups is 1. The lowest BCUT2D eigenvalue weighted by atomic mass is 10.0. The van der Waals surface area contributed by atoms with Crippen LogP contribution in [0.25, 0.3) is 10.8 Å². The van der Waals surface area contributed by atoms with Crippen molar-refractivity contribution in [1.82, 2.24) is 10.2 Å². The maximum atomic E-state index is 14.1. The molecule has 3 aromatic carbocycles. The third kappa shape index (κ3) is 8.00. The van der Waals surface area contributed by atoms with Crippen LogP contribution in [0.4, 0.5) is 16.2 Å². The molecule has 0 spiro atoms. The van der Waals surface area contributed by atoms with E-state index in [9.17, 15) is 14.7 Å². The quantitative estimate of drug-likeness (QED) is 0.308. The van der Waals surface area contributed by atoms with Crippen molar-refractivity contribution in [1.29, 1.82) is 0 Å². The van der Waals surface area contributed by atoms with Crippen LogP contribution in [0.2, 0.25) is 0 Å². The molecule has 4 N–H and O–H groups in total. The normalized spacial score (nSPS) is 21.1. The summed E-state index contributed by atoms with van der Waals surface area (Å²) in [6, 6.07) is 17.9. The van der Waals surface area contributed by atoms with E-state index in [0.717, 1.165) is 30.0 Å². The molecule has 0 saturated carbocycles. The molecule has 0 fully saturated rings. The van der Waals surface area contributed by atoms with Gasteiger partial charge in [0.2, 0.25) is 0 Å². The monoisotopic (exact) mass is 576 g/mol. The molecule has 0 radical (unpaired) electrons. The van der Waals surface area contributed by atoms with Crippen LogP contribution in [-0.4, -0.2) is 73.5 Å². The first kappa shape index (κ1) is 31.3. The topological polar surface area (TPSA) is 112 Å². The molecule has 226 valence electrons. The number of nitrogens with zero attached hydrogens (tertiary/aromatic N) is 1. The van der Waals surface area contributed by atoms with Gasteiger partial charge in [-0.2, -0.15) is 0 Å². The molecule has 1 aliphatic rings. The molecule has 4 rings (SSSR count). The largest absolute Gasteiger partial charge is 0.490 e. The van der Waals surface area contributed by atoms with Gasteiger partial charge in [-0.1, -0.05) is 43.3 Å². The number of hydrogen-bond acceptors (Lipinski definition) is 6. The van der Waals surface area contributed by atoms with Gasteiger partial charge in [0.05, 0.1) is 36.1 Å². The van der Waals surface area contributed by atoms with Crippen LogP contribution in [-0.2, 0) is 4.74 Å². The van der Waals surface area contributed by atoms with E-state index in [-0.39, 0.29) is 30.6 Å². The Morgan fingerprint density at radius 3 is 2.64 bits per heavy atom. The number of nitrogens with one attached hydrogen (secondary N) is 3. The summed E-state index contributed by atoms with van der Waals surface area (Å²) in [6.07, 6.45) is 2.46. The van der Waals surface area contributed by atoms with Crippen molar-refractivity contribution in [3.8, 4) is 5.75 Å². The highest BCUT2D eigenvalue weighted by atomic mass is 16.5. The van der Waals surface area contributed by atoms with Gasteiger partial charge >= 0.3 is 6.03 Å². The first-order valence-electron chi connectivity index (χ1n) is 14.8. The van der Waals surface area contributed by atoms with E-state index in [2.05, 4.69) is 22.9 Å². The molecule has 3 aromatic rings. The number of hydrogen-bond donors (Lipinski definition) is 4. The number of benzene rings is 3. The molecule has 42 heavy (non-hydrogen) atoms. The van der Waals surface area contributed by atoms with Gasteiger partial charge in [0.1, 0.15) is 5.75 Å². The Hall–Kier alpha value is -3.66. The van der Waals surface area contributed by atoms with Crippen molar-refractivity contribution in [2.45, 2.75) is 58.3 Å². The number of fused-ring (bicyclic) bond motifs is 2. The second-order valence-electron chi connectivity index (χ2n) is 11.2. The second kappa shape index (κ2) is 15.0. The van der Waals surface area contributed by atoms with Gasteiger partial charge in [0, 0.05) is 36.7 Å². The Morgan fingerprint density at radius 2 is 1.86 bits per heavy atom. The van der Waals surface area contributed by atoms with Crippen LogP contribution < -0.4 is 20.7 Å². The predicted octanol–water partition coefficient (Wildman–Crippen LogP) is 5.50. The Bertz CT molecular complexity index is 1340. The number of rotatable bonds is 6. The van der Waals surface area contributed by atoms with Crippen LogP contribution >= 0.6 is 0 Å². The number of aliphatic hydroxyl groups is 1. The summed E-state index contributed by atoms with van der Waals surface area (Å²) in [6.45, 7) is 7.38. The van der Waals surface area contributed by atoms with Gasteiger partial charge in [-0.15, -0.1) is 0 Å². The molecule has 3 amide bonds. The van der Waals surface area contributed by atoms with E-state index in [1.807, 2.05) is 63.4 Å². The maximum absolute atomic E-state index is 14.1. The Balaban J connectivity index is 1.63. The minimum absolute atomic E-state index is 0.00872. The second-order valence-corrected chi connectivity index (χ2v) is 11.2. The predicted molar refractivity (Wildman–Crippen MR) is 167 cm³/mol. The van der Waals surface area contributed by atoms with Crippen molar-refractivity contribution in [3.63, 3.8) is 0 Å². The standard InChI is InChI=1S/C33H44N4O5/c1-22-20-37(23(2)21-38)32(39)28-18-26(35-33(40)36-29-14-9-12-25-11-5-6-13-27(25)29)15-16-30(28)42-24(3)10-7-8-17-41-31(22)19-34-4/h5-6,9,11-16,18,22-24,31,34,38H,7-8,10,17,19-21H2,1-4H3,(H2,35,36,40)/t22-,23-,24+,31+/m0/s1. The molecule has 0 bridgehead atoms. The fourth-order valence-corrected chi connectivity index (χ4v) is 5.31. The zero-order valence-electron chi connectivity index (χ0n) is 25.1. The molecular formula is C33H44N4O5. The van der Waals surface area contributed by atoms with Crippen LogP contribution in [0.3, 0.4) is 0 Å². The van der Waals surface area contributed by atoms with E-state index in [1.54, 1.807) is 23.1 Å². The molecule has 0 aromatic heterocycles. The molecule has 4 atom stereocenters. The summed E-state index contributed by atoms with van der Waals surface area (Å²) in [5.74, 6) is 0.189. The summed E-state index contributed by atoms with van der Waals surface area (Å²) < 4.78 is 12.5. The van der Waals surface area contributed by atoms with Gasteiger partial charge in [-0.3, -0.25) is 4.79 Å². The average Bonchev–Trinajstić information content (AvgIpc) is 2.98. The molecule has 9 nitrogen and oxygen atoms in total. The highest BCUT2D eigenvalue weighted by Crippen LogP contribution is 2.29. The zero-order chi connectivity index (χ0) is 30.1. The molecular weight excluding hydrogens is 532 g/mol. The highest BCUT2D eigenvalue weighted by molar-refractivity contribution is 6.07. The molecule has 1 aliphatic heterocycles. The number of aliphatic hydroxyl groups excluding tert-OH is 1. The summed E-state index contributed by atoms with van der Waals surface area (Å²) in [4.78, 5) is 28.9. The Morgan fingerprint density at radius 1 is 1.07 bits per heavy atom. The number of likely N-dealkylation sites (N-methyl/N-ethyl adjacent to an activating group) is 1. The lowest BCUT2D eigenvalue weighted by Crippen LogP contribution is -2.47. The van der Waals surface area contributed by atoms with Gasteiger partial charge in [0.15, 0.2) is 0 Å². The molecule has 9 heteroatoms. The number of carbonyl (C=O) groups excluding carboxylic acids is 2. The number of ether oxygens (including phenoxy) is 2. The highest BCUT2D eigenvalue weighted by Gasteiger charge is 2.29. The van der Waals surface area contributed by atoms with Gasteiger partial charge in [-0.05, 0) is 69.8 Å². The molecule has 0 aliphatic carbocycles. The van der Waals surface area contributed by atoms with E-state index in [4.69, 9.17) is 9.47 Å². The van der Waals surface area contributed by atoms with Gasteiger partial charge in [0.25, 0.3) is 5.91 Å². The Labute approximate surface area is 248 Å². The number of carbonyl (C=O) groups is 2. The zero-order valence-corrected chi connectivity index (χ0v) is 25.1. The third-order valence-electron chi connectivity index (χ3n) is 7.75. The fourth-order valence-electron chi connectivity index (χ4n) is 5.31. The van der Waals surface area contributed by atoms with E-state index >= 15 is 0 Å². The van der Waals surface area contributed by atoms with E-state index in [1.165, 1.54) is 0 Å². The molecule has 1 heterocycles. The molecule has 0 unspecified atom stereocenters. The lowest BCUT2D eigenvalue weighted by Gasteiger charge is -2.34. The van der Waals surface area contributed by atoms with Crippen LogP contribution in [0, 0.1) is 5.92 Å². The fraction of sp³-hybridized carbons (Fsp3) is 0.455. The average molecular weight is 577 g/mol. The van der Waals surface area contributed by atoms with Crippen molar-refractivity contribution in [2.75, 3.05) is 44.0 Å². The van der Waals surface area contributed by atoms with Crippen molar-refractivity contribution in [2.24, 2.45) is 5.92 Å². The van der Waals surface area contributed by atoms with Gasteiger partial charge < -0.3 is 35.4 Å². The first-order chi connectivity index (χ1) is 20.3. The van der Waals surface area contributed by atoms with Crippen LogP contribution in [0.15, 0.2) is 60.7 Å². The summed E-state index contributed by atoms with van der Waals surface area (Å²) in [5, 5.41) is 21.0. The SMILES string of the molecule is CNC[C@H]1OCCCC[C@@H](C)Oc2ccc(NC(=O)Nc3cccc4ccccc34)cc2C(=O)N([C@@H](C)CO)C[C@@H]1C.